The molecule has 1 aliphatic carbocycles. The van der Waals surface area contributed by atoms with E-state index in [0.29, 0.717) is 11.5 Å². The minimum Gasteiger partial charge on any atom is -0.437 e. The van der Waals surface area contributed by atoms with Crippen molar-refractivity contribution in [1.29, 1.82) is 0 Å². The van der Waals surface area contributed by atoms with Crippen molar-refractivity contribution in [3.05, 3.63) is 46.6 Å². The van der Waals surface area contributed by atoms with Crippen molar-refractivity contribution in [3.8, 4) is 11.6 Å². The summed E-state index contributed by atoms with van der Waals surface area (Å²) in [6.07, 6.45) is 3.39. The molecule has 26 heavy (non-hydrogen) atoms. The van der Waals surface area contributed by atoms with E-state index in [1.807, 2.05) is 0 Å². The number of nitrogens with two attached hydrogens (primary N) is 1. The molecule has 2 heterocycles. The molecule has 1 amide bonds. The average molecular weight is 354 g/mol. The summed E-state index contributed by atoms with van der Waals surface area (Å²) in [5.41, 5.74) is 5.91. The fraction of sp³-hybridized carbons (Fsp3) is 0.188. The van der Waals surface area contributed by atoms with Crippen molar-refractivity contribution >= 4 is 28.7 Å². The number of nitro groups is 1. The fourth-order valence-electron chi connectivity index (χ4n) is 2.42. The van der Waals surface area contributed by atoms with Crippen LogP contribution in [-0.4, -0.2) is 25.4 Å². The van der Waals surface area contributed by atoms with Gasteiger partial charge in [-0.25, -0.2) is 9.50 Å². The van der Waals surface area contributed by atoms with Crippen molar-refractivity contribution in [2.75, 3.05) is 11.1 Å². The van der Waals surface area contributed by atoms with Crippen molar-refractivity contribution < 1.29 is 14.5 Å². The van der Waals surface area contributed by atoms with E-state index in [0.717, 1.165) is 12.8 Å². The number of ether oxygens (including phenoxy) is 1. The molecule has 10 nitrogen and oxygen atoms in total. The molecular formula is C16H14N6O4. The van der Waals surface area contributed by atoms with E-state index in [1.54, 1.807) is 18.3 Å². The first-order valence-corrected chi connectivity index (χ1v) is 7.88. The van der Waals surface area contributed by atoms with Gasteiger partial charge < -0.3 is 15.8 Å². The molecule has 1 aliphatic rings. The van der Waals surface area contributed by atoms with Gasteiger partial charge in [0.2, 0.25) is 11.8 Å². The van der Waals surface area contributed by atoms with Gasteiger partial charge in [-0.2, -0.15) is 0 Å². The van der Waals surface area contributed by atoms with Gasteiger partial charge in [0.15, 0.2) is 11.5 Å². The van der Waals surface area contributed by atoms with Gasteiger partial charge in [0.25, 0.3) is 5.69 Å². The Bertz CT molecular complexity index is 1030. The van der Waals surface area contributed by atoms with E-state index in [1.165, 1.54) is 22.7 Å². The molecule has 1 saturated carbocycles. The quantitative estimate of drug-likeness (QED) is 0.407. The maximum Gasteiger partial charge on any atom is 0.295 e. The maximum atomic E-state index is 11.8. The number of imidazole rings is 1. The number of amides is 1. The molecule has 1 aromatic carbocycles. The second-order valence-corrected chi connectivity index (χ2v) is 5.94. The summed E-state index contributed by atoms with van der Waals surface area (Å²) in [4.78, 5) is 26.4. The first-order chi connectivity index (χ1) is 12.5. The zero-order valence-electron chi connectivity index (χ0n) is 13.5. The van der Waals surface area contributed by atoms with Crippen LogP contribution in [0, 0.1) is 16.0 Å². The van der Waals surface area contributed by atoms with Crippen molar-refractivity contribution in [2.24, 2.45) is 5.92 Å². The van der Waals surface area contributed by atoms with Crippen LogP contribution in [0.5, 0.6) is 11.6 Å². The van der Waals surface area contributed by atoms with E-state index < -0.39 is 4.92 Å². The SMILES string of the molecule is Nc1ccc(Oc2ccc3nc(NC(=O)C4CC4)cn3n2)cc1[N+](=O)[O-]. The predicted molar refractivity (Wildman–Crippen MR) is 91.9 cm³/mol. The highest BCUT2D eigenvalue weighted by Gasteiger charge is 2.30. The Kier molecular flexibility index (Phi) is 3.64. The van der Waals surface area contributed by atoms with E-state index in [-0.39, 0.29) is 34.8 Å². The summed E-state index contributed by atoms with van der Waals surface area (Å²) in [6, 6.07) is 7.40. The molecule has 0 atom stereocenters. The summed E-state index contributed by atoms with van der Waals surface area (Å²) in [5, 5.41) is 17.9. The molecule has 132 valence electrons. The minimum absolute atomic E-state index is 0.0425. The topological polar surface area (TPSA) is 138 Å². The van der Waals surface area contributed by atoms with Gasteiger partial charge in [-0.15, -0.1) is 5.10 Å². The molecule has 0 spiro atoms. The van der Waals surface area contributed by atoms with E-state index in [9.17, 15) is 14.9 Å². The third-order valence-corrected chi connectivity index (χ3v) is 3.92. The first-order valence-electron chi connectivity index (χ1n) is 7.88. The average Bonchev–Trinajstić information content (AvgIpc) is 3.37. The third kappa shape index (κ3) is 3.11. The first kappa shape index (κ1) is 15.8. The van der Waals surface area contributed by atoms with Crippen LogP contribution in [0.3, 0.4) is 0 Å². The highest BCUT2D eigenvalue weighted by atomic mass is 16.6. The molecule has 1 fully saturated rings. The van der Waals surface area contributed by atoms with Gasteiger partial charge in [-0.3, -0.25) is 14.9 Å². The lowest BCUT2D eigenvalue weighted by atomic mass is 10.2. The molecule has 0 bridgehead atoms. The smallest absolute Gasteiger partial charge is 0.295 e. The number of rotatable bonds is 5. The number of nitrogens with one attached hydrogen (secondary N) is 1. The predicted octanol–water partition coefficient (Wildman–Crippen LogP) is 2.36. The second-order valence-electron chi connectivity index (χ2n) is 5.94. The Morgan fingerprint density at radius 3 is 2.88 bits per heavy atom. The molecule has 0 unspecified atom stereocenters. The molecular weight excluding hydrogens is 340 g/mol. The number of nitrogen functional groups attached to an aromatic ring is 1. The highest BCUT2D eigenvalue weighted by Crippen LogP contribution is 2.31. The number of hydrogen-bond donors (Lipinski definition) is 2. The van der Waals surface area contributed by atoms with Crippen LogP contribution in [0.4, 0.5) is 17.2 Å². The number of hydrogen-bond acceptors (Lipinski definition) is 7. The van der Waals surface area contributed by atoms with Crippen LogP contribution in [0.1, 0.15) is 12.8 Å². The van der Waals surface area contributed by atoms with Gasteiger partial charge in [-0.05, 0) is 31.0 Å². The van der Waals surface area contributed by atoms with Gasteiger partial charge in [0.05, 0.1) is 17.2 Å². The fourth-order valence-corrected chi connectivity index (χ4v) is 2.42. The lowest BCUT2D eigenvalue weighted by molar-refractivity contribution is -0.384. The third-order valence-electron chi connectivity index (χ3n) is 3.92. The van der Waals surface area contributed by atoms with E-state index in [2.05, 4.69) is 15.4 Å². The lowest BCUT2D eigenvalue weighted by Gasteiger charge is -2.05. The Morgan fingerprint density at radius 2 is 2.15 bits per heavy atom. The van der Waals surface area contributed by atoms with Crippen molar-refractivity contribution in [3.63, 3.8) is 0 Å². The van der Waals surface area contributed by atoms with Crippen LogP contribution < -0.4 is 15.8 Å². The molecule has 10 heteroatoms. The summed E-state index contributed by atoms with van der Waals surface area (Å²) in [5.74, 6) is 0.899. The molecule has 0 aliphatic heterocycles. The number of carbonyl (C=O) groups is 1. The second kappa shape index (κ2) is 5.99. The Labute approximate surface area is 146 Å². The number of carbonyl (C=O) groups excluding carboxylic acids is 1. The number of nitro benzene ring substituents is 1. The zero-order chi connectivity index (χ0) is 18.3. The van der Waals surface area contributed by atoms with Gasteiger partial charge in [-0.1, -0.05) is 0 Å². The standard InChI is InChI=1S/C16H14N6O4/c17-11-4-3-10(7-12(11)22(24)25)26-15-6-5-14-18-13(8-21(14)20-15)19-16(23)9-1-2-9/h3-9H,1-2,17H2,(H,19,23). The molecule has 4 rings (SSSR count). The zero-order valence-corrected chi connectivity index (χ0v) is 13.5. The molecule has 3 aromatic rings. The number of aromatic nitrogens is 3. The number of nitrogens with zero attached hydrogens (tertiary/aromatic N) is 4. The normalized spacial score (nSPS) is 13.5. The molecule has 2 aromatic heterocycles. The Balaban J connectivity index is 1.56. The lowest BCUT2D eigenvalue weighted by Crippen LogP contribution is -2.13. The van der Waals surface area contributed by atoms with Crippen molar-refractivity contribution in [1.82, 2.24) is 14.6 Å². The molecule has 0 radical (unpaired) electrons. The molecule has 0 saturated heterocycles. The van der Waals surface area contributed by atoms with Crippen LogP contribution in [-0.2, 0) is 4.79 Å². The molecule has 3 N–H and O–H groups in total. The van der Waals surface area contributed by atoms with Crippen LogP contribution in [0.25, 0.3) is 5.65 Å². The highest BCUT2D eigenvalue weighted by molar-refractivity contribution is 5.93. The van der Waals surface area contributed by atoms with Crippen molar-refractivity contribution in [2.45, 2.75) is 12.8 Å². The minimum atomic E-state index is -0.580. The van der Waals surface area contributed by atoms with Gasteiger partial charge >= 0.3 is 0 Å². The van der Waals surface area contributed by atoms with Crippen LogP contribution >= 0.6 is 0 Å². The van der Waals surface area contributed by atoms with Gasteiger partial charge in [0, 0.05) is 12.0 Å². The summed E-state index contributed by atoms with van der Waals surface area (Å²) >= 11 is 0. The summed E-state index contributed by atoms with van der Waals surface area (Å²) in [6.45, 7) is 0. The Morgan fingerprint density at radius 1 is 1.35 bits per heavy atom. The van der Waals surface area contributed by atoms with E-state index >= 15 is 0 Å². The summed E-state index contributed by atoms with van der Waals surface area (Å²) in [7, 11) is 0. The monoisotopic (exact) mass is 354 g/mol. The Hall–Kier alpha value is -3.69. The number of anilines is 2. The number of benzene rings is 1. The maximum absolute atomic E-state index is 11.8. The van der Waals surface area contributed by atoms with Crippen LogP contribution in [0.2, 0.25) is 0 Å². The largest absolute Gasteiger partial charge is 0.437 e. The number of fused-ring (bicyclic) bond motifs is 1. The summed E-state index contributed by atoms with van der Waals surface area (Å²) < 4.78 is 7.03. The van der Waals surface area contributed by atoms with E-state index in [4.69, 9.17) is 10.5 Å². The van der Waals surface area contributed by atoms with Crippen LogP contribution in [0.15, 0.2) is 36.5 Å². The van der Waals surface area contributed by atoms with Gasteiger partial charge in [0.1, 0.15) is 11.4 Å².